The Balaban J connectivity index is 2.13. The van der Waals surface area contributed by atoms with E-state index in [9.17, 15) is 0 Å². The van der Waals surface area contributed by atoms with Crippen LogP contribution < -0.4 is 10.6 Å². The average molecular weight is 348 g/mol. The second-order valence-corrected chi connectivity index (χ2v) is 6.53. The van der Waals surface area contributed by atoms with E-state index < -0.39 is 0 Å². The van der Waals surface area contributed by atoms with Crippen molar-refractivity contribution in [2.45, 2.75) is 39.0 Å². The van der Waals surface area contributed by atoms with E-state index in [4.69, 9.17) is 14.5 Å². The van der Waals surface area contributed by atoms with E-state index in [0.717, 1.165) is 58.3 Å². The lowest BCUT2D eigenvalue weighted by atomic mass is 9.72. The largest absolute Gasteiger partial charge is 0.381 e. The molecule has 0 spiro atoms. The number of aliphatic imine (C=N–C) groups is 1. The van der Waals surface area contributed by atoms with E-state index in [0.29, 0.717) is 6.61 Å². The molecule has 140 valence electrons. The molecule has 2 rings (SSSR count). The van der Waals surface area contributed by atoms with Crippen LogP contribution in [0.25, 0.3) is 0 Å². The van der Waals surface area contributed by atoms with Gasteiger partial charge in [-0.25, -0.2) is 0 Å². The van der Waals surface area contributed by atoms with Gasteiger partial charge in [-0.15, -0.1) is 0 Å². The maximum Gasteiger partial charge on any atom is 0.191 e. The number of guanidine groups is 1. The van der Waals surface area contributed by atoms with Crippen LogP contribution in [0.15, 0.2) is 29.3 Å². The van der Waals surface area contributed by atoms with Gasteiger partial charge in [0.1, 0.15) is 0 Å². The summed E-state index contributed by atoms with van der Waals surface area (Å²) in [6.07, 6.45) is 2.03. The van der Waals surface area contributed by atoms with Gasteiger partial charge >= 0.3 is 0 Å². The quantitative estimate of drug-likeness (QED) is 0.431. The van der Waals surface area contributed by atoms with Crippen molar-refractivity contribution in [1.82, 2.24) is 10.6 Å². The zero-order valence-electron chi connectivity index (χ0n) is 15.9. The van der Waals surface area contributed by atoms with Crippen LogP contribution in [0.4, 0.5) is 0 Å². The van der Waals surface area contributed by atoms with Gasteiger partial charge in [-0.1, -0.05) is 24.3 Å². The van der Waals surface area contributed by atoms with Crippen molar-refractivity contribution in [3.05, 3.63) is 35.4 Å². The lowest BCUT2D eigenvalue weighted by molar-refractivity contribution is 0.0529. The minimum absolute atomic E-state index is 0.0614. The number of benzene rings is 1. The summed E-state index contributed by atoms with van der Waals surface area (Å²) in [6.45, 7) is 11.7. The van der Waals surface area contributed by atoms with Gasteiger partial charge in [-0.05, 0) is 44.7 Å². The zero-order chi connectivity index (χ0) is 18.0. The minimum Gasteiger partial charge on any atom is -0.381 e. The van der Waals surface area contributed by atoms with Crippen molar-refractivity contribution in [2.24, 2.45) is 4.99 Å². The first-order chi connectivity index (χ1) is 12.2. The molecule has 0 radical (unpaired) electrons. The fourth-order valence-electron chi connectivity index (χ4n) is 3.40. The van der Waals surface area contributed by atoms with Crippen molar-refractivity contribution >= 4 is 5.96 Å². The van der Waals surface area contributed by atoms with E-state index in [-0.39, 0.29) is 5.41 Å². The summed E-state index contributed by atoms with van der Waals surface area (Å²) in [5.74, 6) is 0.863. The van der Waals surface area contributed by atoms with E-state index in [2.05, 4.69) is 48.7 Å². The molecule has 0 amide bonds. The third kappa shape index (κ3) is 5.72. The molecular weight excluding hydrogens is 314 g/mol. The fourth-order valence-corrected chi connectivity index (χ4v) is 3.40. The minimum atomic E-state index is 0.0614. The third-order valence-corrected chi connectivity index (χ3v) is 4.79. The molecule has 2 N–H and O–H groups in total. The van der Waals surface area contributed by atoms with Gasteiger partial charge in [0.2, 0.25) is 0 Å². The summed E-state index contributed by atoms with van der Waals surface area (Å²) < 4.78 is 11.0. The molecule has 0 aromatic heterocycles. The van der Waals surface area contributed by atoms with Gasteiger partial charge in [0.05, 0.1) is 13.2 Å². The first kappa shape index (κ1) is 19.7. The standard InChI is InChI=1S/C20H33N3O2/c1-4-21-19(22-12-15-24-5-2)23-16-20(10-13-25-14-11-20)18-9-7-6-8-17(18)3/h6-9H,4-5,10-16H2,1-3H3,(H2,21,22,23). The molecule has 1 saturated heterocycles. The van der Waals surface area contributed by atoms with Crippen LogP contribution in [-0.4, -0.2) is 52.0 Å². The number of rotatable bonds is 8. The van der Waals surface area contributed by atoms with Gasteiger partial charge in [0.25, 0.3) is 0 Å². The van der Waals surface area contributed by atoms with Crippen LogP contribution in [0.2, 0.25) is 0 Å². The first-order valence-corrected chi connectivity index (χ1v) is 9.45. The molecule has 1 fully saturated rings. The Kier molecular flexibility index (Phi) is 8.22. The molecule has 0 saturated carbocycles. The molecule has 0 aliphatic carbocycles. The summed E-state index contributed by atoms with van der Waals surface area (Å²) >= 11 is 0. The number of nitrogens with one attached hydrogen (secondary N) is 2. The summed E-state index contributed by atoms with van der Waals surface area (Å²) in [5, 5.41) is 6.70. The van der Waals surface area contributed by atoms with Crippen LogP contribution in [0, 0.1) is 6.92 Å². The summed E-state index contributed by atoms with van der Waals surface area (Å²) in [6, 6.07) is 8.69. The van der Waals surface area contributed by atoms with E-state index in [1.807, 2.05) is 6.92 Å². The molecule has 1 aromatic rings. The molecule has 0 bridgehead atoms. The molecule has 25 heavy (non-hydrogen) atoms. The van der Waals surface area contributed by atoms with Crippen molar-refractivity contribution in [1.29, 1.82) is 0 Å². The topological polar surface area (TPSA) is 54.9 Å². The van der Waals surface area contributed by atoms with Crippen LogP contribution in [0.5, 0.6) is 0 Å². The maximum absolute atomic E-state index is 5.64. The van der Waals surface area contributed by atoms with Crippen molar-refractivity contribution < 1.29 is 9.47 Å². The highest BCUT2D eigenvalue weighted by molar-refractivity contribution is 5.79. The Morgan fingerprint density at radius 3 is 2.64 bits per heavy atom. The number of hydrogen-bond donors (Lipinski definition) is 2. The van der Waals surface area contributed by atoms with Gasteiger partial charge in [0, 0.05) is 38.3 Å². The normalized spacial score (nSPS) is 17.3. The number of hydrogen-bond acceptors (Lipinski definition) is 3. The van der Waals surface area contributed by atoms with Crippen molar-refractivity contribution in [3.63, 3.8) is 0 Å². The lowest BCUT2D eigenvalue weighted by Crippen LogP contribution is -2.42. The Labute approximate surface area is 152 Å². The molecule has 5 heteroatoms. The van der Waals surface area contributed by atoms with Crippen molar-refractivity contribution in [2.75, 3.05) is 46.1 Å². The number of ether oxygens (including phenoxy) is 2. The molecule has 0 atom stereocenters. The van der Waals surface area contributed by atoms with E-state index >= 15 is 0 Å². The van der Waals surface area contributed by atoms with Gasteiger partial charge in [-0.2, -0.15) is 0 Å². The molecule has 1 aromatic carbocycles. The molecule has 0 unspecified atom stereocenters. The summed E-state index contributed by atoms with van der Waals surface area (Å²) in [7, 11) is 0. The van der Waals surface area contributed by atoms with Crippen LogP contribution in [0.1, 0.15) is 37.8 Å². The molecule has 1 heterocycles. The predicted octanol–water partition coefficient (Wildman–Crippen LogP) is 2.63. The third-order valence-electron chi connectivity index (χ3n) is 4.79. The van der Waals surface area contributed by atoms with Gasteiger partial charge in [-0.3, -0.25) is 4.99 Å². The Bertz CT molecular complexity index is 539. The monoisotopic (exact) mass is 347 g/mol. The highest BCUT2D eigenvalue weighted by Crippen LogP contribution is 2.36. The van der Waals surface area contributed by atoms with E-state index in [1.54, 1.807) is 0 Å². The molecule has 1 aliphatic rings. The molecule has 1 aliphatic heterocycles. The zero-order valence-corrected chi connectivity index (χ0v) is 15.9. The Hall–Kier alpha value is -1.59. The Morgan fingerprint density at radius 2 is 1.96 bits per heavy atom. The maximum atomic E-state index is 5.64. The molecular formula is C20H33N3O2. The highest BCUT2D eigenvalue weighted by atomic mass is 16.5. The Morgan fingerprint density at radius 1 is 1.20 bits per heavy atom. The van der Waals surface area contributed by atoms with Crippen LogP contribution >= 0.6 is 0 Å². The molecule has 5 nitrogen and oxygen atoms in total. The summed E-state index contributed by atoms with van der Waals surface area (Å²) in [4.78, 5) is 4.91. The second kappa shape index (κ2) is 10.4. The summed E-state index contributed by atoms with van der Waals surface area (Å²) in [5.41, 5.74) is 2.81. The van der Waals surface area contributed by atoms with Crippen molar-refractivity contribution in [3.8, 4) is 0 Å². The number of nitrogens with zero attached hydrogens (tertiary/aromatic N) is 1. The fraction of sp³-hybridized carbons (Fsp3) is 0.650. The van der Waals surface area contributed by atoms with Gasteiger partial charge in [0.15, 0.2) is 5.96 Å². The SMILES string of the molecule is CCNC(=NCC1(c2ccccc2C)CCOCC1)NCCOCC. The van der Waals surface area contributed by atoms with Gasteiger partial charge < -0.3 is 20.1 Å². The average Bonchev–Trinajstić information content (AvgIpc) is 2.64. The lowest BCUT2D eigenvalue weighted by Gasteiger charge is -2.37. The number of aryl methyl sites for hydroxylation is 1. The predicted molar refractivity (Wildman–Crippen MR) is 103 cm³/mol. The smallest absolute Gasteiger partial charge is 0.191 e. The van der Waals surface area contributed by atoms with Crippen LogP contribution in [-0.2, 0) is 14.9 Å². The first-order valence-electron chi connectivity index (χ1n) is 9.45. The second-order valence-electron chi connectivity index (χ2n) is 6.53. The van der Waals surface area contributed by atoms with E-state index in [1.165, 1.54) is 11.1 Å². The van der Waals surface area contributed by atoms with Crippen LogP contribution in [0.3, 0.4) is 0 Å². The highest BCUT2D eigenvalue weighted by Gasteiger charge is 2.35.